The van der Waals surface area contributed by atoms with E-state index in [4.69, 9.17) is 11.6 Å². The number of piperidine rings is 1. The molecule has 2 rings (SSSR count). The Kier molecular flexibility index (Phi) is 5.24. The van der Waals surface area contributed by atoms with Crippen LogP contribution in [-0.2, 0) is 10.0 Å². The van der Waals surface area contributed by atoms with Gasteiger partial charge in [0.1, 0.15) is 0 Å². The van der Waals surface area contributed by atoms with Crippen LogP contribution in [-0.4, -0.2) is 38.3 Å². The van der Waals surface area contributed by atoms with Crippen LogP contribution in [0.2, 0.25) is 5.02 Å². The van der Waals surface area contributed by atoms with E-state index in [1.165, 1.54) is 22.5 Å². The molecular weight excluding hydrogens is 312 g/mol. The molecule has 5 nitrogen and oxygen atoms in total. The maximum absolute atomic E-state index is 12.6. The maximum Gasteiger partial charge on any atom is 0.252 e. The van der Waals surface area contributed by atoms with Gasteiger partial charge in [0.2, 0.25) is 10.0 Å². The van der Waals surface area contributed by atoms with Crippen LogP contribution in [0, 0.1) is 0 Å². The molecule has 1 aliphatic rings. The van der Waals surface area contributed by atoms with Gasteiger partial charge in [-0.1, -0.05) is 18.0 Å². The molecule has 0 saturated carbocycles. The third-order valence-electron chi connectivity index (χ3n) is 3.47. The van der Waals surface area contributed by atoms with E-state index in [0.717, 1.165) is 19.3 Å². The highest BCUT2D eigenvalue weighted by molar-refractivity contribution is 7.89. The zero-order valence-corrected chi connectivity index (χ0v) is 13.5. The van der Waals surface area contributed by atoms with Gasteiger partial charge in [-0.25, -0.2) is 8.42 Å². The number of sulfonamides is 1. The molecule has 0 radical (unpaired) electrons. The molecule has 7 heteroatoms. The highest BCUT2D eigenvalue weighted by atomic mass is 35.5. The van der Waals surface area contributed by atoms with Crippen LogP contribution in [0.1, 0.15) is 36.5 Å². The second-order valence-electron chi connectivity index (χ2n) is 4.97. The Morgan fingerprint density at radius 3 is 2.57 bits per heavy atom. The first kappa shape index (κ1) is 16.3. The molecule has 0 atom stereocenters. The molecule has 1 saturated heterocycles. The Balaban J connectivity index is 2.35. The number of halogens is 1. The standard InChI is InChI=1S/C14H19ClN2O3S/c1-2-16-14(18)12-10-11(6-7-13(12)15)21(19,20)17-8-4-3-5-9-17/h6-7,10H,2-5,8-9H2,1H3,(H,16,18). The smallest absolute Gasteiger partial charge is 0.252 e. The largest absolute Gasteiger partial charge is 0.352 e. The Labute approximate surface area is 130 Å². The molecule has 0 aliphatic carbocycles. The van der Waals surface area contributed by atoms with Gasteiger partial charge in [-0.05, 0) is 38.0 Å². The number of amides is 1. The van der Waals surface area contributed by atoms with Crippen LogP contribution < -0.4 is 5.32 Å². The van der Waals surface area contributed by atoms with Gasteiger partial charge in [0, 0.05) is 19.6 Å². The molecule has 1 aromatic rings. The second-order valence-corrected chi connectivity index (χ2v) is 7.31. The summed E-state index contributed by atoms with van der Waals surface area (Å²) in [7, 11) is -3.56. The lowest BCUT2D eigenvalue weighted by Gasteiger charge is -2.26. The Morgan fingerprint density at radius 2 is 1.95 bits per heavy atom. The predicted octanol–water partition coefficient (Wildman–Crippen LogP) is 2.26. The average molecular weight is 331 g/mol. The minimum absolute atomic E-state index is 0.120. The molecular formula is C14H19ClN2O3S. The fraction of sp³-hybridized carbons (Fsp3) is 0.500. The van der Waals surface area contributed by atoms with Crippen LogP contribution in [0.3, 0.4) is 0 Å². The lowest BCUT2D eigenvalue weighted by molar-refractivity contribution is 0.0956. The summed E-state index contributed by atoms with van der Waals surface area (Å²) in [4.78, 5) is 12.0. The molecule has 1 N–H and O–H groups in total. The van der Waals surface area contributed by atoms with Crippen molar-refractivity contribution in [2.45, 2.75) is 31.1 Å². The first-order chi connectivity index (χ1) is 9.96. The molecule has 0 unspecified atom stereocenters. The number of rotatable bonds is 4. The number of carbonyl (C=O) groups excluding carboxylic acids is 1. The highest BCUT2D eigenvalue weighted by Gasteiger charge is 2.27. The minimum Gasteiger partial charge on any atom is -0.352 e. The van der Waals surface area contributed by atoms with E-state index < -0.39 is 10.0 Å². The van der Waals surface area contributed by atoms with Gasteiger partial charge in [-0.3, -0.25) is 4.79 Å². The molecule has 1 aliphatic heterocycles. The van der Waals surface area contributed by atoms with Crippen molar-refractivity contribution in [2.75, 3.05) is 19.6 Å². The first-order valence-electron chi connectivity index (χ1n) is 7.04. The predicted molar refractivity (Wildman–Crippen MR) is 82.1 cm³/mol. The van der Waals surface area contributed by atoms with E-state index in [9.17, 15) is 13.2 Å². The van der Waals surface area contributed by atoms with E-state index >= 15 is 0 Å². The number of hydrogen-bond acceptors (Lipinski definition) is 3. The molecule has 0 aromatic heterocycles. The SMILES string of the molecule is CCNC(=O)c1cc(S(=O)(=O)N2CCCCC2)ccc1Cl. The van der Waals surface area contributed by atoms with Crippen LogP contribution in [0.25, 0.3) is 0 Å². The Morgan fingerprint density at radius 1 is 1.29 bits per heavy atom. The van der Waals surface area contributed by atoms with E-state index in [-0.39, 0.29) is 21.4 Å². The molecule has 1 heterocycles. The summed E-state index contributed by atoms with van der Waals surface area (Å²) in [6.45, 7) is 3.31. The molecule has 0 spiro atoms. The summed E-state index contributed by atoms with van der Waals surface area (Å²) in [5, 5.41) is 2.88. The van der Waals surface area contributed by atoms with Crippen LogP contribution >= 0.6 is 11.6 Å². The van der Waals surface area contributed by atoms with Gasteiger partial charge in [0.05, 0.1) is 15.5 Å². The zero-order chi connectivity index (χ0) is 15.5. The summed E-state index contributed by atoms with van der Waals surface area (Å²) in [6, 6.07) is 4.27. The fourth-order valence-corrected chi connectivity index (χ4v) is 4.10. The van der Waals surface area contributed by atoms with Crippen molar-refractivity contribution in [3.63, 3.8) is 0 Å². The molecule has 116 valence electrons. The number of hydrogen-bond donors (Lipinski definition) is 1. The summed E-state index contributed by atoms with van der Waals surface area (Å²) < 4.78 is 26.6. The quantitative estimate of drug-likeness (QED) is 0.921. The van der Waals surface area contributed by atoms with Crippen molar-refractivity contribution >= 4 is 27.5 Å². The topological polar surface area (TPSA) is 66.5 Å². The van der Waals surface area contributed by atoms with Crippen LogP contribution in [0.5, 0.6) is 0 Å². The summed E-state index contributed by atoms with van der Waals surface area (Å²) in [5.41, 5.74) is 0.191. The van der Waals surface area contributed by atoms with Gasteiger partial charge >= 0.3 is 0 Å². The number of carbonyl (C=O) groups is 1. The van der Waals surface area contributed by atoms with Crippen molar-refractivity contribution in [1.82, 2.24) is 9.62 Å². The van der Waals surface area contributed by atoms with Gasteiger partial charge in [0.15, 0.2) is 0 Å². The molecule has 1 fully saturated rings. The monoisotopic (exact) mass is 330 g/mol. The van der Waals surface area contributed by atoms with Crippen molar-refractivity contribution in [3.05, 3.63) is 28.8 Å². The summed E-state index contributed by atoms with van der Waals surface area (Å²) >= 11 is 5.99. The second kappa shape index (κ2) is 6.77. The van der Waals surface area contributed by atoms with Crippen LogP contribution in [0.4, 0.5) is 0 Å². The van der Waals surface area contributed by atoms with Gasteiger partial charge in [0.25, 0.3) is 5.91 Å². The van der Waals surface area contributed by atoms with Gasteiger partial charge in [-0.15, -0.1) is 0 Å². The van der Waals surface area contributed by atoms with Crippen molar-refractivity contribution in [3.8, 4) is 0 Å². The van der Waals surface area contributed by atoms with Crippen LogP contribution in [0.15, 0.2) is 23.1 Å². The Hall–Kier alpha value is -1.11. The fourth-order valence-electron chi connectivity index (χ4n) is 2.35. The van der Waals surface area contributed by atoms with Crippen molar-refractivity contribution in [2.24, 2.45) is 0 Å². The lowest BCUT2D eigenvalue weighted by Crippen LogP contribution is -2.35. The molecule has 1 amide bonds. The average Bonchev–Trinajstić information content (AvgIpc) is 2.48. The number of benzene rings is 1. The van der Waals surface area contributed by atoms with E-state index in [1.807, 2.05) is 0 Å². The normalized spacial score (nSPS) is 16.7. The summed E-state index contributed by atoms with van der Waals surface area (Å²) in [5.74, 6) is -0.363. The maximum atomic E-state index is 12.6. The third kappa shape index (κ3) is 3.56. The summed E-state index contributed by atoms with van der Waals surface area (Å²) in [6.07, 6.45) is 2.79. The lowest BCUT2D eigenvalue weighted by atomic mass is 10.2. The molecule has 0 bridgehead atoms. The first-order valence-corrected chi connectivity index (χ1v) is 8.86. The molecule has 1 aromatic carbocycles. The van der Waals surface area contributed by atoms with Crippen molar-refractivity contribution < 1.29 is 13.2 Å². The highest BCUT2D eigenvalue weighted by Crippen LogP contribution is 2.25. The third-order valence-corrected chi connectivity index (χ3v) is 5.70. The van der Waals surface area contributed by atoms with E-state index in [1.54, 1.807) is 6.92 Å². The number of nitrogens with one attached hydrogen (secondary N) is 1. The van der Waals surface area contributed by atoms with Crippen molar-refractivity contribution in [1.29, 1.82) is 0 Å². The minimum atomic E-state index is -3.56. The molecule has 21 heavy (non-hydrogen) atoms. The zero-order valence-electron chi connectivity index (χ0n) is 11.9. The van der Waals surface area contributed by atoms with E-state index in [0.29, 0.717) is 19.6 Å². The van der Waals surface area contributed by atoms with E-state index in [2.05, 4.69) is 5.32 Å². The van der Waals surface area contributed by atoms with Gasteiger partial charge in [-0.2, -0.15) is 4.31 Å². The number of nitrogens with zero attached hydrogens (tertiary/aromatic N) is 1. The van der Waals surface area contributed by atoms with Gasteiger partial charge < -0.3 is 5.32 Å². The Bertz CT molecular complexity index is 625.